The van der Waals surface area contributed by atoms with Crippen molar-refractivity contribution in [2.24, 2.45) is 23.1 Å². The second kappa shape index (κ2) is 18.7. The molecule has 2 aromatic carbocycles. The van der Waals surface area contributed by atoms with Crippen molar-refractivity contribution in [1.82, 2.24) is 26.2 Å². The Labute approximate surface area is 292 Å². The van der Waals surface area contributed by atoms with Crippen LogP contribution in [0.5, 0.6) is 0 Å². The van der Waals surface area contributed by atoms with Crippen LogP contribution in [0.15, 0.2) is 60.7 Å². The molecule has 1 aliphatic rings. The number of aliphatic carboxylic acids is 1. The third-order valence-corrected chi connectivity index (χ3v) is 8.68. The number of piperidine rings is 1. The molecule has 1 fully saturated rings. The molecule has 0 unspecified atom stereocenters. The van der Waals surface area contributed by atoms with Crippen LogP contribution >= 0.6 is 0 Å². The fourth-order valence-electron chi connectivity index (χ4n) is 5.68. The van der Waals surface area contributed by atoms with Gasteiger partial charge in [-0.3, -0.25) is 29.4 Å². The van der Waals surface area contributed by atoms with Crippen LogP contribution in [0.25, 0.3) is 0 Å². The Morgan fingerprint density at radius 2 is 1.36 bits per heavy atom. The average molecular weight is 694 g/mol. The van der Waals surface area contributed by atoms with E-state index in [0.29, 0.717) is 6.42 Å². The SMILES string of the molecule is CC(C)C[C@@H](NC(=O)[C@@H](CCc1ccccc1)NC(=O)[C@H](N)Cc1ccccc1)C(=O)N[C@H](CNC(=N)N)C(=O)N1CCC(N)(C(=O)O)CC1. The van der Waals surface area contributed by atoms with Gasteiger partial charge in [0.1, 0.15) is 23.7 Å². The van der Waals surface area contributed by atoms with Gasteiger partial charge in [-0.1, -0.05) is 74.5 Å². The topological polar surface area (TPSA) is 259 Å². The van der Waals surface area contributed by atoms with Gasteiger partial charge in [0, 0.05) is 19.6 Å². The molecule has 0 aromatic heterocycles. The van der Waals surface area contributed by atoms with Crippen LogP contribution in [0.3, 0.4) is 0 Å². The lowest BCUT2D eigenvalue weighted by molar-refractivity contribution is -0.148. The fraction of sp³-hybridized carbons (Fsp3) is 0.486. The summed E-state index contributed by atoms with van der Waals surface area (Å²) in [6.45, 7) is 3.63. The predicted octanol–water partition coefficient (Wildman–Crippen LogP) is -0.423. The summed E-state index contributed by atoms with van der Waals surface area (Å²) in [6, 6.07) is 14.5. The van der Waals surface area contributed by atoms with E-state index in [-0.39, 0.29) is 57.7 Å². The number of hydrogen-bond donors (Lipinski definition) is 9. The van der Waals surface area contributed by atoms with Crippen molar-refractivity contribution in [2.45, 2.75) is 82.1 Å². The molecule has 15 nitrogen and oxygen atoms in total. The maximum atomic E-state index is 13.8. The third-order valence-electron chi connectivity index (χ3n) is 8.68. The number of nitrogens with one attached hydrogen (secondary N) is 5. The number of amides is 4. The summed E-state index contributed by atoms with van der Waals surface area (Å²) in [5, 5.41) is 27.9. The summed E-state index contributed by atoms with van der Waals surface area (Å²) in [7, 11) is 0. The molecule has 0 aliphatic carbocycles. The summed E-state index contributed by atoms with van der Waals surface area (Å²) in [6.07, 6.45) is 1.21. The quantitative estimate of drug-likeness (QED) is 0.0763. The van der Waals surface area contributed by atoms with Crippen molar-refractivity contribution in [2.75, 3.05) is 19.6 Å². The zero-order valence-corrected chi connectivity index (χ0v) is 28.7. The highest BCUT2D eigenvalue weighted by Crippen LogP contribution is 2.21. The van der Waals surface area contributed by atoms with E-state index in [1.54, 1.807) is 0 Å². The molecule has 1 heterocycles. The molecular weight excluding hydrogens is 642 g/mol. The van der Waals surface area contributed by atoms with E-state index < -0.39 is 65.3 Å². The second-order valence-electron chi connectivity index (χ2n) is 13.2. The first-order chi connectivity index (χ1) is 23.7. The molecule has 12 N–H and O–H groups in total. The summed E-state index contributed by atoms with van der Waals surface area (Å²) < 4.78 is 0. The summed E-state index contributed by atoms with van der Waals surface area (Å²) in [5.74, 6) is -3.90. The molecule has 4 atom stereocenters. The summed E-state index contributed by atoms with van der Waals surface area (Å²) in [4.78, 5) is 67.4. The number of hydrogen-bond acceptors (Lipinski definition) is 8. The third kappa shape index (κ3) is 12.1. The van der Waals surface area contributed by atoms with Gasteiger partial charge in [-0.2, -0.15) is 0 Å². The molecule has 2 aromatic rings. The Bertz CT molecular complexity index is 1470. The molecular formula is C35H51N9O6. The first-order valence-corrected chi connectivity index (χ1v) is 16.8. The minimum absolute atomic E-state index is 0.0198. The van der Waals surface area contributed by atoms with Gasteiger partial charge in [0.25, 0.3) is 0 Å². The molecule has 1 aliphatic heterocycles. The van der Waals surface area contributed by atoms with Gasteiger partial charge in [-0.05, 0) is 55.6 Å². The standard InChI is InChI=1S/C35H51N9O6/c1-22(2)19-27(31(47)43-28(21-40-34(37)38)32(48)44-17-15-35(39,16-18-44)33(49)50)42-30(46)26(14-13-23-9-5-3-6-10-23)41-29(45)25(36)20-24-11-7-4-8-12-24/h3-12,22,25-28H,13-21,36,39H2,1-2H3,(H,41,45)(H,42,46)(H,43,47)(H,49,50)(H4,37,38,40)/t25-,26-,27-,28-/m1/s1. The first kappa shape index (κ1) is 39.4. The number of aryl methyl sites for hydroxylation is 1. The minimum atomic E-state index is -1.46. The maximum absolute atomic E-state index is 13.8. The molecule has 272 valence electrons. The number of carbonyl (C=O) groups excluding carboxylic acids is 4. The molecule has 1 saturated heterocycles. The van der Waals surface area contributed by atoms with Crippen LogP contribution in [0.1, 0.15) is 50.7 Å². The zero-order valence-electron chi connectivity index (χ0n) is 28.7. The Morgan fingerprint density at radius 3 is 1.90 bits per heavy atom. The highest BCUT2D eigenvalue weighted by molar-refractivity contribution is 5.95. The van der Waals surface area contributed by atoms with Gasteiger partial charge in [0.05, 0.1) is 6.04 Å². The van der Waals surface area contributed by atoms with E-state index in [4.69, 9.17) is 22.6 Å². The van der Waals surface area contributed by atoms with Crippen molar-refractivity contribution < 1.29 is 29.1 Å². The van der Waals surface area contributed by atoms with E-state index >= 15 is 0 Å². The van der Waals surface area contributed by atoms with Gasteiger partial charge in [-0.25, -0.2) is 0 Å². The predicted molar refractivity (Wildman–Crippen MR) is 188 cm³/mol. The molecule has 0 saturated carbocycles. The average Bonchev–Trinajstić information content (AvgIpc) is 3.08. The summed E-state index contributed by atoms with van der Waals surface area (Å²) in [5.41, 5.74) is 18.0. The minimum Gasteiger partial charge on any atom is -0.480 e. The number of rotatable bonds is 17. The van der Waals surface area contributed by atoms with E-state index in [0.717, 1.165) is 11.1 Å². The van der Waals surface area contributed by atoms with Gasteiger partial charge in [-0.15, -0.1) is 0 Å². The fourth-order valence-corrected chi connectivity index (χ4v) is 5.68. The lowest BCUT2D eigenvalue weighted by Gasteiger charge is -2.38. The zero-order chi connectivity index (χ0) is 36.8. The van der Waals surface area contributed by atoms with Crippen molar-refractivity contribution in [3.8, 4) is 0 Å². The Kier molecular flexibility index (Phi) is 14.7. The smallest absolute Gasteiger partial charge is 0.323 e. The maximum Gasteiger partial charge on any atom is 0.323 e. The Balaban J connectivity index is 1.77. The molecule has 0 radical (unpaired) electrons. The lowest BCUT2D eigenvalue weighted by Crippen LogP contribution is -2.62. The van der Waals surface area contributed by atoms with Crippen LogP contribution in [-0.4, -0.2) is 94.9 Å². The van der Waals surface area contributed by atoms with E-state index in [1.165, 1.54) is 4.90 Å². The molecule has 50 heavy (non-hydrogen) atoms. The van der Waals surface area contributed by atoms with Crippen molar-refractivity contribution in [3.05, 3.63) is 71.8 Å². The van der Waals surface area contributed by atoms with E-state index in [9.17, 15) is 29.1 Å². The molecule has 15 heteroatoms. The number of carboxylic acids is 1. The number of carbonyl (C=O) groups is 5. The van der Waals surface area contributed by atoms with Crippen LogP contribution in [-0.2, 0) is 36.8 Å². The molecule has 3 rings (SSSR count). The van der Waals surface area contributed by atoms with E-state index in [1.807, 2.05) is 74.5 Å². The lowest BCUT2D eigenvalue weighted by atomic mass is 9.88. The summed E-state index contributed by atoms with van der Waals surface area (Å²) >= 11 is 0. The van der Waals surface area contributed by atoms with Gasteiger partial charge in [0.15, 0.2) is 5.96 Å². The first-order valence-electron chi connectivity index (χ1n) is 16.8. The number of nitrogens with zero attached hydrogens (tertiary/aromatic N) is 1. The van der Waals surface area contributed by atoms with Crippen molar-refractivity contribution in [1.29, 1.82) is 5.41 Å². The van der Waals surface area contributed by atoms with Crippen molar-refractivity contribution in [3.63, 3.8) is 0 Å². The van der Waals surface area contributed by atoms with Gasteiger partial charge in [0.2, 0.25) is 23.6 Å². The van der Waals surface area contributed by atoms with Crippen LogP contribution in [0.4, 0.5) is 0 Å². The Hall–Kier alpha value is -5.02. The van der Waals surface area contributed by atoms with Crippen molar-refractivity contribution >= 4 is 35.6 Å². The van der Waals surface area contributed by atoms with Crippen LogP contribution in [0.2, 0.25) is 0 Å². The Morgan fingerprint density at radius 1 is 0.840 bits per heavy atom. The van der Waals surface area contributed by atoms with Gasteiger partial charge < -0.3 is 48.5 Å². The molecule has 4 amide bonds. The number of likely N-dealkylation sites (tertiary alicyclic amines) is 1. The van der Waals surface area contributed by atoms with Crippen LogP contribution < -0.4 is 38.5 Å². The largest absolute Gasteiger partial charge is 0.480 e. The molecule has 0 bridgehead atoms. The number of carboxylic acid groups (broad SMARTS) is 1. The van der Waals surface area contributed by atoms with Crippen LogP contribution in [0, 0.1) is 11.3 Å². The van der Waals surface area contributed by atoms with Gasteiger partial charge >= 0.3 is 5.97 Å². The number of guanidine groups is 1. The normalized spacial score (nSPS) is 16.3. The second-order valence-corrected chi connectivity index (χ2v) is 13.2. The number of nitrogens with two attached hydrogens (primary N) is 3. The number of benzene rings is 2. The molecule has 0 spiro atoms. The highest BCUT2D eigenvalue weighted by atomic mass is 16.4. The monoisotopic (exact) mass is 693 g/mol. The highest BCUT2D eigenvalue weighted by Gasteiger charge is 2.40. The van der Waals surface area contributed by atoms with E-state index in [2.05, 4.69) is 21.3 Å².